The minimum Gasteiger partial charge on any atom is -0.319 e. The van der Waals surface area contributed by atoms with E-state index in [0.717, 1.165) is 12.0 Å². The third-order valence-corrected chi connectivity index (χ3v) is 5.64. The molecule has 18 heavy (non-hydrogen) atoms. The average molecular weight is 252 g/mol. The fraction of sp³-hybridized carbons (Fsp3) is 1.00. The summed E-state index contributed by atoms with van der Waals surface area (Å²) in [6.07, 6.45) is 10.2. The van der Waals surface area contributed by atoms with Gasteiger partial charge in [0.1, 0.15) is 0 Å². The van der Waals surface area contributed by atoms with Gasteiger partial charge in [0, 0.05) is 13.1 Å². The highest BCUT2D eigenvalue weighted by molar-refractivity contribution is 4.91. The maximum atomic E-state index is 3.37. The van der Waals surface area contributed by atoms with Gasteiger partial charge in [-0.25, -0.2) is 0 Å². The first kappa shape index (κ1) is 14.3. The van der Waals surface area contributed by atoms with Crippen molar-refractivity contribution in [2.45, 2.75) is 58.8 Å². The molecule has 1 heterocycles. The summed E-state index contributed by atoms with van der Waals surface area (Å²) in [5.41, 5.74) is 1.22. The third-order valence-electron chi connectivity index (χ3n) is 5.64. The molecular formula is C16H32N2. The largest absolute Gasteiger partial charge is 0.319 e. The maximum absolute atomic E-state index is 3.37. The lowest BCUT2D eigenvalue weighted by Gasteiger charge is -2.43. The van der Waals surface area contributed by atoms with Crippen molar-refractivity contribution in [1.82, 2.24) is 10.2 Å². The van der Waals surface area contributed by atoms with Gasteiger partial charge in [-0.1, -0.05) is 26.7 Å². The number of rotatable bonds is 5. The number of hydrogen-bond donors (Lipinski definition) is 1. The van der Waals surface area contributed by atoms with E-state index in [1.807, 2.05) is 0 Å². The van der Waals surface area contributed by atoms with Gasteiger partial charge in [-0.2, -0.15) is 0 Å². The average Bonchev–Trinajstić information content (AvgIpc) is 2.82. The summed E-state index contributed by atoms with van der Waals surface area (Å²) in [5, 5.41) is 3.37. The zero-order valence-corrected chi connectivity index (χ0v) is 12.7. The molecule has 2 nitrogen and oxygen atoms in total. The van der Waals surface area contributed by atoms with Gasteiger partial charge in [0.15, 0.2) is 0 Å². The maximum Gasteiger partial charge on any atom is 0.00474 e. The number of nitrogens with zero attached hydrogens (tertiary/aromatic N) is 1. The van der Waals surface area contributed by atoms with Crippen molar-refractivity contribution < 1.29 is 0 Å². The van der Waals surface area contributed by atoms with Gasteiger partial charge in [0.25, 0.3) is 0 Å². The highest BCUT2D eigenvalue weighted by atomic mass is 15.1. The van der Waals surface area contributed by atoms with Gasteiger partial charge >= 0.3 is 0 Å². The van der Waals surface area contributed by atoms with Crippen LogP contribution in [0.1, 0.15) is 58.8 Å². The summed E-state index contributed by atoms with van der Waals surface area (Å²) in [6, 6.07) is 0. The Morgan fingerprint density at radius 1 is 1.11 bits per heavy atom. The fourth-order valence-electron chi connectivity index (χ4n) is 4.07. The van der Waals surface area contributed by atoms with Crippen LogP contribution in [0.2, 0.25) is 0 Å². The minimum absolute atomic E-state index is 0.453. The highest BCUT2D eigenvalue weighted by Crippen LogP contribution is 2.46. The van der Waals surface area contributed by atoms with Crippen LogP contribution in [-0.2, 0) is 0 Å². The molecule has 0 aromatic rings. The standard InChI is InChI=1S/C16H32N2/c1-4-15(2,13-17-3)14-18-11-9-16(10-12-18)7-5-6-8-16/h17H,4-14H2,1-3H3. The molecular weight excluding hydrogens is 220 g/mol. The van der Waals surface area contributed by atoms with Crippen molar-refractivity contribution >= 4 is 0 Å². The molecule has 106 valence electrons. The molecule has 1 unspecified atom stereocenters. The summed E-state index contributed by atoms with van der Waals surface area (Å²) in [6.45, 7) is 9.88. The number of nitrogens with one attached hydrogen (secondary N) is 1. The van der Waals surface area contributed by atoms with Crippen LogP contribution >= 0.6 is 0 Å². The Labute approximate surface area is 114 Å². The van der Waals surface area contributed by atoms with E-state index in [-0.39, 0.29) is 0 Å². The van der Waals surface area contributed by atoms with Crippen LogP contribution in [0.5, 0.6) is 0 Å². The van der Waals surface area contributed by atoms with E-state index < -0.39 is 0 Å². The summed E-state index contributed by atoms with van der Waals surface area (Å²) in [5.74, 6) is 0. The molecule has 0 radical (unpaired) electrons. The molecule has 1 spiro atoms. The van der Waals surface area contributed by atoms with Gasteiger partial charge in [-0.15, -0.1) is 0 Å². The molecule has 2 aliphatic rings. The molecule has 0 bridgehead atoms. The molecule has 0 aromatic carbocycles. The molecule has 1 aliphatic heterocycles. The number of likely N-dealkylation sites (tertiary alicyclic amines) is 1. The van der Waals surface area contributed by atoms with Crippen LogP contribution in [0.25, 0.3) is 0 Å². The van der Waals surface area contributed by atoms with E-state index >= 15 is 0 Å². The van der Waals surface area contributed by atoms with Gasteiger partial charge in [0.2, 0.25) is 0 Å². The second kappa shape index (κ2) is 5.92. The summed E-state index contributed by atoms with van der Waals surface area (Å²) >= 11 is 0. The lowest BCUT2D eigenvalue weighted by molar-refractivity contribution is 0.0719. The molecule has 2 heteroatoms. The van der Waals surface area contributed by atoms with E-state index in [1.54, 1.807) is 0 Å². The SMILES string of the molecule is CCC(C)(CNC)CN1CCC2(CCCC2)CC1. The first-order valence-corrected chi connectivity index (χ1v) is 7.98. The summed E-state index contributed by atoms with van der Waals surface area (Å²) in [7, 11) is 2.08. The molecule has 2 fully saturated rings. The van der Waals surface area contributed by atoms with Crippen molar-refractivity contribution in [2.24, 2.45) is 10.8 Å². The Morgan fingerprint density at radius 2 is 1.72 bits per heavy atom. The molecule has 1 atom stereocenters. The van der Waals surface area contributed by atoms with Crippen LogP contribution in [0.3, 0.4) is 0 Å². The van der Waals surface area contributed by atoms with Crippen LogP contribution in [-0.4, -0.2) is 38.1 Å². The zero-order chi connectivity index (χ0) is 13.1. The second-order valence-electron chi connectivity index (χ2n) is 7.18. The van der Waals surface area contributed by atoms with Gasteiger partial charge in [-0.3, -0.25) is 0 Å². The lowest BCUT2D eigenvalue weighted by atomic mass is 9.76. The Morgan fingerprint density at radius 3 is 2.22 bits per heavy atom. The van der Waals surface area contributed by atoms with Crippen LogP contribution in [0.15, 0.2) is 0 Å². The molecule has 1 saturated carbocycles. The minimum atomic E-state index is 0.453. The molecule has 1 aliphatic carbocycles. The second-order valence-corrected chi connectivity index (χ2v) is 7.18. The molecule has 2 rings (SSSR count). The lowest BCUT2D eigenvalue weighted by Crippen LogP contribution is -2.46. The molecule has 1 N–H and O–H groups in total. The van der Waals surface area contributed by atoms with Crippen molar-refractivity contribution in [1.29, 1.82) is 0 Å². The van der Waals surface area contributed by atoms with Gasteiger partial charge in [0.05, 0.1) is 0 Å². The first-order chi connectivity index (χ1) is 8.61. The predicted octanol–water partition coefficient (Wildman–Crippen LogP) is 3.28. The Bertz CT molecular complexity index is 248. The van der Waals surface area contributed by atoms with E-state index in [4.69, 9.17) is 0 Å². The van der Waals surface area contributed by atoms with Crippen LogP contribution in [0, 0.1) is 10.8 Å². The fourth-order valence-corrected chi connectivity index (χ4v) is 4.07. The van der Waals surface area contributed by atoms with Crippen molar-refractivity contribution in [3.05, 3.63) is 0 Å². The van der Waals surface area contributed by atoms with Gasteiger partial charge < -0.3 is 10.2 Å². The van der Waals surface area contributed by atoms with E-state index in [9.17, 15) is 0 Å². The Kier molecular flexibility index (Phi) is 4.71. The number of hydrogen-bond acceptors (Lipinski definition) is 2. The summed E-state index contributed by atoms with van der Waals surface area (Å²) in [4.78, 5) is 2.73. The molecule has 0 amide bonds. The van der Waals surface area contributed by atoms with Crippen molar-refractivity contribution in [2.75, 3.05) is 33.2 Å². The first-order valence-electron chi connectivity index (χ1n) is 7.98. The Hall–Kier alpha value is -0.0800. The third kappa shape index (κ3) is 3.27. The van der Waals surface area contributed by atoms with Crippen LogP contribution < -0.4 is 5.32 Å². The summed E-state index contributed by atoms with van der Waals surface area (Å²) < 4.78 is 0. The van der Waals surface area contributed by atoms with Crippen LogP contribution in [0.4, 0.5) is 0 Å². The van der Waals surface area contributed by atoms with E-state index in [2.05, 4.69) is 31.1 Å². The van der Waals surface area contributed by atoms with E-state index in [1.165, 1.54) is 64.6 Å². The smallest absolute Gasteiger partial charge is 0.00474 e. The monoisotopic (exact) mass is 252 g/mol. The van der Waals surface area contributed by atoms with Crippen molar-refractivity contribution in [3.8, 4) is 0 Å². The van der Waals surface area contributed by atoms with E-state index in [0.29, 0.717) is 5.41 Å². The molecule has 0 aromatic heterocycles. The predicted molar refractivity (Wildman–Crippen MR) is 78.9 cm³/mol. The molecule has 1 saturated heterocycles. The quantitative estimate of drug-likeness (QED) is 0.808. The topological polar surface area (TPSA) is 15.3 Å². The van der Waals surface area contributed by atoms with Gasteiger partial charge in [-0.05, 0) is 63.1 Å². The van der Waals surface area contributed by atoms with Crippen molar-refractivity contribution in [3.63, 3.8) is 0 Å². The normalized spacial score (nSPS) is 27.5. The number of piperidine rings is 1. The Balaban J connectivity index is 1.82. The zero-order valence-electron chi connectivity index (χ0n) is 12.7. The highest BCUT2D eigenvalue weighted by Gasteiger charge is 2.38.